The topological polar surface area (TPSA) is 108 Å². The summed E-state index contributed by atoms with van der Waals surface area (Å²) in [6.45, 7) is 12.5. The van der Waals surface area contributed by atoms with Gasteiger partial charge in [-0.1, -0.05) is 40.5 Å². The number of aliphatic hydroxyl groups is 1. The predicted molar refractivity (Wildman–Crippen MR) is 155 cm³/mol. The van der Waals surface area contributed by atoms with Gasteiger partial charge >= 0.3 is 0 Å². The number of thioether (sulfide) groups is 1. The van der Waals surface area contributed by atoms with Crippen LogP contribution in [0.15, 0.2) is 24.3 Å². The number of fused-ring (bicyclic) bond motifs is 1. The molecule has 4 rings (SSSR count). The Labute approximate surface area is 237 Å². The van der Waals surface area contributed by atoms with Crippen molar-refractivity contribution < 1.29 is 24.2 Å². The van der Waals surface area contributed by atoms with Gasteiger partial charge in [0.15, 0.2) is 0 Å². The molecule has 216 valence electrons. The molecular weight excluding hydrogens is 514 g/mol. The molecular formula is C30H45N3O5S. The quantitative estimate of drug-likeness (QED) is 0.356. The van der Waals surface area contributed by atoms with Gasteiger partial charge in [-0.3, -0.25) is 14.4 Å². The molecule has 0 aliphatic carbocycles. The largest absolute Gasteiger partial charge is 0.494 e. The zero-order valence-electron chi connectivity index (χ0n) is 24.1. The summed E-state index contributed by atoms with van der Waals surface area (Å²) in [7, 11) is 0. The molecule has 0 aromatic heterocycles. The molecule has 3 fully saturated rings. The van der Waals surface area contributed by atoms with Crippen molar-refractivity contribution in [1.82, 2.24) is 10.2 Å². The molecule has 1 spiro atoms. The van der Waals surface area contributed by atoms with Crippen LogP contribution in [0.2, 0.25) is 0 Å². The molecule has 1 aromatic carbocycles. The van der Waals surface area contributed by atoms with Crippen LogP contribution < -0.4 is 15.4 Å². The normalized spacial score (nSPS) is 31.5. The number of anilines is 1. The lowest BCUT2D eigenvalue weighted by Crippen LogP contribution is -2.60. The molecule has 0 radical (unpaired) electrons. The van der Waals surface area contributed by atoms with E-state index in [-0.39, 0.29) is 47.5 Å². The number of nitrogens with one attached hydrogen (secondary N) is 2. The summed E-state index contributed by atoms with van der Waals surface area (Å²) in [4.78, 5) is 43.9. The second kappa shape index (κ2) is 12.1. The van der Waals surface area contributed by atoms with Crippen molar-refractivity contribution in [3.05, 3.63) is 24.3 Å². The average Bonchev–Trinajstić information content (AvgIpc) is 3.49. The highest BCUT2D eigenvalue weighted by molar-refractivity contribution is 8.02. The summed E-state index contributed by atoms with van der Waals surface area (Å²) in [6.07, 6.45) is 3.32. The van der Waals surface area contributed by atoms with Crippen molar-refractivity contribution in [2.24, 2.45) is 23.7 Å². The van der Waals surface area contributed by atoms with E-state index >= 15 is 0 Å². The van der Waals surface area contributed by atoms with Crippen LogP contribution >= 0.6 is 11.8 Å². The van der Waals surface area contributed by atoms with Crippen molar-refractivity contribution in [1.29, 1.82) is 0 Å². The summed E-state index contributed by atoms with van der Waals surface area (Å²) in [6, 6.07) is 6.01. The molecule has 3 aliphatic rings. The molecule has 3 aliphatic heterocycles. The number of hydrogen-bond donors (Lipinski definition) is 3. The Hall–Kier alpha value is -2.26. The maximum absolute atomic E-state index is 14.4. The van der Waals surface area contributed by atoms with Gasteiger partial charge in [-0.25, -0.2) is 0 Å². The number of carbonyl (C=O) groups is 3. The number of hydrogen-bond acceptors (Lipinski definition) is 6. The number of rotatable bonds is 12. The van der Waals surface area contributed by atoms with E-state index in [1.54, 1.807) is 28.8 Å². The zero-order chi connectivity index (χ0) is 28.5. The van der Waals surface area contributed by atoms with Crippen LogP contribution in [0.5, 0.6) is 5.75 Å². The van der Waals surface area contributed by atoms with Gasteiger partial charge in [0, 0.05) is 17.0 Å². The molecule has 3 amide bonds. The van der Waals surface area contributed by atoms with Crippen LogP contribution in [-0.2, 0) is 14.4 Å². The Balaban J connectivity index is 1.70. The number of amides is 3. The van der Waals surface area contributed by atoms with E-state index in [0.29, 0.717) is 12.3 Å². The summed E-state index contributed by atoms with van der Waals surface area (Å²) in [5, 5.41) is 16.7. The molecule has 1 aromatic rings. The smallest absolute Gasteiger partial charge is 0.244 e. The zero-order valence-corrected chi connectivity index (χ0v) is 24.9. The van der Waals surface area contributed by atoms with E-state index in [0.717, 1.165) is 31.4 Å². The lowest BCUT2D eigenvalue weighted by atomic mass is 9.65. The monoisotopic (exact) mass is 559 g/mol. The molecule has 3 heterocycles. The second-order valence-electron chi connectivity index (χ2n) is 11.6. The summed E-state index contributed by atoms with van der Waals surface area (Å²) in [5.41, 5.74) is 0.649. The first-order valence-corrected chi connectivity index (χ1v) is 15.5. The van der Waals surface area contributed by atoms with Gasteiger partial charge in [-0.2, -0.15) is 0 Å². The maximum atomic E-state index is 14.4. The maximum Gasteiger partial charge on any atom is 0.244 e. The second-order valence-corrected chi connectivity index (χ2v) is 13.1. The van der Waals surface area contributed by atoms with Gasteiger partial charge in [0.05, 0.1) is 35.8 Å². The number of likely N-dealkylation sites (tertiary alicyclic amines) is 1. The third-order valence-electron chi connectivity index (χ3n) is 9.12. The molecule has 2 bridgehead atoms. The Morgan fingerprint density at radius 1 is 1.18 bits per heavy atom. The number of carbonyl (C=O) groups excluding carboxylic acids is 3. The van der Waals surface area contributed by atoms with Gasteiger partial charge in [0.1, 0.15) is 11.8 Å². The Kier molecular flexibility index (Phi) is 9.21. The Bertz CT molecular complexity index is 1050. The Morgan fingerprint density at radius 3 is 2.46 bits per heavy atom. The van der Waals surface area contributed by atoms with Crippen LogP contribution in [0.3, 0.4) is 0 Å². The first kappa shape index (κ1) is 29.7. The van der Waals surface area contributed by atoms with Crippen LogP contribution in [0.4, 0.5) is 5.69 Å². The van der Waals surface area contributed by atoms with Crippen LogP contribution in [0, 0.1) is 23.7 Å². The van der Waals surface area contributed by atoms with Crippen LogP contribution in [-0.4, -0.2) is 69.1 Å². The van der Waals surface area contributed by atoms with Crippen molar-refractivity contribution in [3.63, 3.8) is 0 Å². The van der Waals surface area contributed by atoms with E-state index in [9.17, 15) is 19.5 Å². The highest BCUT2D eigenvalue weighted by Crippen LogP contribution is 2.69. The summed E-state index contributed by atoms with van der Waals surface area (Å²) in [5.74, 6) is -0.878. The van der Waals surface area contributed by atoms with Gasteiger partial charge in [0.25, 0.3) is 0 Å². The van der Waals surface area contributed by atoms with Gasteiger partial charge in [-0.15, -0.1) is 11.8 Å². The third-order valence-corrected chi connectivity index (χ3v) is 11.2. The molecule has 9 heteroatoms. The van der Waals surface area contributed by atoms with Gasteiger partial charge in [-0.05, 0) is 62.8 Å². The van der Waals surface area contributed by atoms with E-state index in [2.05, 4.69) is 24.5 Å². The third kappa shape index (κ3) is 5.17. The van der Waals surface area contributed by atoms with Gasteiger partial charge < -0.3 is 25.4 Å². The van der Waals surface area contributed by atoms with E-state index in [1.807, 2.05) is 39.8 Å². The Morgan fingerprint density at radius 2 is 1.87 bits per heavy atom. The molecule has 39 heavy (non-hydrogen) atoms. The highest BCUT2D eigenvalue weighted by Gasteiger charge is 2.76. The van der Waals surface area contributed by atoms with E-state index < -0.39 is 28.7 Å². The SMILES string of the molecule is CCCC(C)NC(=O)C1N([C@@H](CO)[C@@H](C)CC)C(=O)[C@@H]2[C@H](C(=O)Nc3ccc(OCC)cc3)[C@@H]3CC(C)C12S3. The van der Waals surface area contributed by atoms with Crippen molar-refractivity contribution >= 4 is 35.2 Å². The minimum Gasteiger partial charge on any atom is -0.494 e. The summed E-state index contributed by atoms with van der Waals surface area (Å²) < 4.78 is 4.80. The summed E-state index contributed by atoms with van der Waals surface area (Å²) >= 11 is 1.66. The molecule has 4 unspecified atom stereocenters. The fourth-order valence-corrected chi connectivity index (χ4v) is 9.49. The van der Waals surface area contributed by atoms with Crippen molar-refractivity contribution in [3.8, 4) is 5.75 Å². The number of benzene rings is 1. The minimum absolute atomic E-state index is 0.00572. The van der Waals surface area contributed by atoms with Crippen molar-refractivity contribution in [2.45, 2.75) is 95.3 Å². The number of nitrogens with zero attached hydrogens (tertiary/aromatic N) is 1. The highest BCUT2D eigenvalue weighted by atomic mass is 32.2. The minimum atomic E-state index is -0.728. The molecule has 0 saturated carbocycles. The predicted octanol–water partition coefficient (Wildman–Crippen LogP) is 4.07. The first-order chi connectivity index (χ1) is 18.6. The average molecular weight is 560 g/mol. The van der Waals surface area contributed by atoms with E-state index in [1.165, 1.54) is 0 Å². The molecule has 3 saturated heterocycles. The fraction of sp³-hybridized carbons (Fsp3) is 0.700. The van der Waals surface area contributed by atoms with Gasteiger partial charge in [0.2, 0.25) is 17.7 Å². The lowest BCUT2D eigenvalue weighted by Gasteiger charge is -2.41. The van der Waals surface area contributed by atoms with E-state index in [4.69, 9.17) is 4.74 Å². The lowest BCUT2D eigenvalue weighted by molar-refractivity contribution is -0.143. The number of aliphatic hydroxyl groups excluding tert-OH is 1. The first-order valence-electron chi connectivity index (χ1n) is 14.6. The fourth-order valence-electron chi connectivity index (χ4n) is 7.08. The molecule has 8 nitrogen and oxygen atoms in total. The molecule has 3 N–H and O–H groups in total. The standard InChI is InChI=1S/C30H45N3O5S/c1-7-10-19(6)31-28(36)26-30-18(5)15-23(39-30)24(25(30)29(37)33(26)22(16-34)17(4)8-2)27(35)32-20-11-13-21(14-12-20)38-9-3/h11-14,17-19,22-26,34H,7-10,15-16H2,1-6H3,(H,31,36)(H,32,35)/t17-,18?,19?,22-,23-,24+,25-,26?,30?/m0/s1. The van der Waals surface area contributed by atoms with Crippen LogP contribution in [0.1, 0.15) is 67.2 Å². The van der Waals surface area contributed by atoms with Crippen molar-refractivity contribution in [2.75, 3.05) is 18.5 Å². The van der Waals surface area contributed by atoms with Crippen LogP contribution in [0.25, 0.3) is 0 Å². The number of ether oxygens (including phenoxy) is 1. The molecule has 9 atom stereocenters.